The number of carbonyl (C=O) groups excluding carboxylic acids is 3. The number of fused-ring (bicyclic) bond motifs is 1. The Kier molecular flexibility index (Phi) is 12.1. The average molecular weight is 846 g/mol. The summed E-state index contributed by atoms with van der Waals surface area (Å²) in [6.45, 7) is 1.72. The number of benzene rings is 3. The van der Waals surface area contributed by atoms with Crippen molar-refractivity contribution in [3.8, 4) is 17.5 Å². The molecule has 306 valence electrons. The zero-order valence-corrected chi connectivity index (χ0v) is 32.8. The molecule has 58 heavy (non-hydrogen) atoms. The SMILES string of the molecule is COc1cc2nc(NC(=O)C(=O)NCC(C)(C)CNC(=O)c3ccc(Nc4nc(NC5(c6ccc(Cl)cc6)CC5)nc(OCC(F)(F)F)n4)cc3F)sc2cc1OC. The molecule has 0 unspecified atom stereocenters. The standard InChI is InChI=1S/C37H36ClF4N9O6S/c1-35(2,17-44-29(53)30(54)47-34-46-24-14-25(55-3)26(56-4)15-27(24)58-34)16-43-28(52)22-10-9-21(13-23(22)39)45-31-48-32(50-33(49-31)57-18-37(40,41)42)51-36(11-12-36)19-5-7-20(38)8-6-19/h5-10,13-15H,11-12,16-18H2,1-4H3,(H,43,52)(H,44,53)(H,46,47,54)(H2,45,48,49,50,51). The molecule has 1 saturated carbocycles. The van der Waals surface area contributed by atoms with Gasteiger partial charge in [-0.1, -0.05) is 48.9 Å². The van der Waals surface area contributed by atoms with Gasteiger partial charge in [-0.2, -0.15) is 28.1 Å². The lowest BCUT2D eigenvalue weighted by molar-refractivity contribution is -0.154. The first kappa shape index (κ1) is 41.6. The van der Waals surface area contributed by atoms with Crippen molar-refractivity contribution >= 4 is 73.6 Å². The third-order valence-corrected chi connectivity index (χ3v) is 9.91. The number of nitrogens with zero attached hydrogens (tertiary/aromatic N) is 4. The number of ether oxygens (including phenoxy) is 3. The van der Waals surface area contributed by atoms with E-state index in [0.29, 0.717) is 39.6 Å². The molecule has 5 aromatic rings. The van der Waals surface area contributed by atoms with E-state index >= 15 is 4.39 Å². The molecule has 5 N–H and O–H groups in total. The van der Waals surface area contributed by atoms with Gasteiger partial charge in [0.1, 0.15) is 5.82 Å². The zero-order valence-electron chi connectivity index (χ0n) is 31.3. The van der Waals surface area contributed by atoms with Crippen molar-refractivity contribution in [1.82, 2.24) is 30.6 Å². The van der Waals surface area contributed by atoms with Gasteiger partial charge in [0.05, 0.1) is 35.5 Å². The van der Waals surface area contributed by atoms with Gasteiger partial charge in [-0.25, -0.2) is 9.37 Å². The van der Waals surface area contributed by atoms with Crippen LogP contribution in [0.2, 0.25) is 5.02 Å². The lowest BCUT2D eigenvalue weighted by Gasteiger charge is -2.25. The number of nitrogens with one attached hydrogen (secondary N) is 5. The smallest absolute Gasteiger partial charge is 0.422 e. The lowest BCUT2D eigenvalue weighted by Crippen LogP contribution is -2.45. The minimum atomic E-state index is -4.67. The lowest BCUT2D eigenvalue weighted by atomic mass is 9.93. The van der Waals surface area contributed by atoms with Crippen LogP contribution in [0.3, 0.4) is 0 Å². The highest BCUT2D eigenvalue weighted by Crippen LogP contribution is 2.48. The van der Waals surface area contributed by atoms with Gasteiger partial charge in [-0.05, 0) is 54.2 Å². The van der Waals surface area contributed by atoms with Crippen molar-refractivity contribution < 1.29 is 46.2 Å². The number of methoxy groups -OCH3 is 2. The Balaban J connectivity index is 1.04. The van der Waals surface area contributed by atoms with Crippen LogP contribution in [0.1, 0.15) is 42.6 Å². The van der Waals surface area contributed by atoms with Crippen LogP contribution in [-0.4, -0.2) is 77.7 Å². The number of hydrogen-bond donors (Lipinski definition) is 5. The van der Waals surface area contributed by atoms with Crippen LogP contribution >= 0.6 is 22.9 Å². The Bertz CT molecular complexity index is 2300. The van der Waals surface area contributed by atoms with Crippen molar-refractivity contribution in [2.75, 3.05) is 49.9 Å². The van der Waals surface area contributed by atoms with Crippen molar-refractivity contribution in [3.05, 3.63) is 76.6 Å². The Labute approximate surface area is 337 Å². The number of carbonyl (C=O) groups is 3. The van der Waals surface area contributed by atoms with E-state index < -0.39 is 53.3 Å². The summed E-state index contributed by atoms with van der Waals surface area (Å²) in [6, 6.07) is 13.3. The third-order valence-electron chi connectivity index (χ3n) is 8.72. The van der Waals surface area contributed by atoms with E-state index in [-0.39, 0.29) is 41.4 Å². The highest BCUT2D eigenvalue weighted by Gasteiger charge is 2.45. The van der Waals surface area contributed by atoms with Gasteiger partial charge in [-0.15, -0.1) is 0 Å². The van der Waals surface area contributed by atoms with Gasteiger partial charge in [0.2, 0.25) is 11.9 Å². The number of aromatic nitrogens is 4. The molecule has 0 saturated heterocycles. The Morgan fingerprint density at radius 3 is 2.19 bits per heavy atom. The van der Waals surface area contributed by atoms with Crippen LogP contribution in [0.15, 0.2) is 54.6 Å². The number of hydrogen-bond acceptors (Lipinski definition) is 13. The summed E-state index contributed by atoms with van der Waals surface area (Å²) >= 11 is 7.16. The molecule has 2 aromatic heterocycles. The van der Waals surface area contributed by atoms with Crippen molar-refractivity contribution in [2.24, 2.45) is 5.41 Å². The maximum Gasteiger partial charge on any atom is 0.422 e. The Hall–Kier alpha value is -6.02. The third kappa shape index (κ3) is 10.5. The fraction of sp³-hybridized carbons (Fsp3) is 0.324. The van der Waals surface area contributed by atoms with E-state index in [1.54, 1.807) is 38.1 Å². The summed E-state index contributed by atoms with van der Waals surface area (Å²) in [5.74, 6) is -2.99. The molecule has 3 amide bonds. The van der Waals surface area contributed by atoms with Gasteiger partial charge in [-0.3, -0.25) is 19.7 Å². The molecule has 0 bridgehead atoms. The number of halogens is 5. The predicted molar refractivity (Wildman–Crippen MR) is 208 cm³/mol. The Morgan fingerprint density at radius 1 is 0.862 bits per heavy atom. The quantitative estimate of drug-likeness (QED) is 0.0563. The molecule has 21 heteroatoms. The van der Waals surface area contributed by atoms with E-state index in [2.05, 4.69) is 46.5 Å². The number of alkyl halides is 3. The van der Waals surface area contributed by atoms with E-state index in [9.17, 15) is 27.6 Å². The molecule has 15 nitrogen and oxygen atoms in total. The van der Waals surface area contributed by atoms with Crippen LogP contribution in [0, 0.1) is 11.2 Å². The maximum atomic E-state index is 15.3. The molecule has 2 heterocycles. The number of rotatable bonds is 15. The fourth-order valence-corrected chi connectivity index (χ4v) is 6.52. The summed E-state index contributed by atoms with van der Waals surface area (Å²) in [5, 5.41) is 14.2. The van der Waals surface area contributed by atoms with Crippen molar-refractivity contribution in [2.45, 2.75) is 38.4 Å². The summed E-state index contributed by atoms with van der Waals surface area (Å²) in [7, 11) is 2.97. The summed E-state index contributed by atoms with van der Waals surface area (Å²) in [5.41, 5.74) is -0.229. The number of thiazole rings is 1. The van der Waals surface area contributed by atoms with Crippen LogP contribution in [0.4, 0.5) is 40.3 Å². The highest BCUT2D eigenvalue weighted by molar-refractivity contribution is 7.22. The number of amides is 3. The Morgan fingerprint density at radius 2 is 1.53 bits per heavy atom. The second-order valence-corrected chi connectivity index (χ2v) is 15.3. The second-order valence-electron chi connectivity index (χ2n) is 13.9. The topological polar surface area (TPSA) is 191 Å². The molecule has 1 aliphatic rings. The second kappa shape index (κ2) is 16.8. The van der Waals surface area contributed by atoms with Gasteiger partial charge >= 0.3 is 24.0 Å². The maximum absolute atomic E-state index is 15.3. The van der Waals surface area contributed by atoms with Crippen molar-refractivity contribution in [3.63, 3.8) is 0 Å². The molecule has 3 aromatic carbocycles. The van der Waals surface area contributed by atoms with Crippen LogP contribution < -0.4 is 40.8 Å². The van der Waals surface area contributed by atoms with E-state index in [1.165, 1.54) is 26.4 Å². The molecular formula is C37H36ClF4N9O6S. The molecular weight excluding hydrogens is 810 g/mol. The fourth-order valence-electron chi connectivity index (χ4n) is 5.52. The van der Waals surface area contributed by atoms with E-state index in [1.807, 2.05) is 12.1 Å². The summed E-state index contributed by atoms with van der Waals surface area (Å²) in [4.78, 5) is 54.7. The van der Waals surface area contributed by atoms with E-state index in [4.69, 9.17) is 25.8 Å². The zero-order chi connectivity index (χ0) is 41.8. The number of anilines is 4. The molecule has 1 fully saturated rings. The molecule has 0 atom stereocenters. The first-order chi connectivity index (χ1) is 27.4. The normalized spacial score (nSPS) is 13.3. The minimum Gasteiger partial charge on any atom is -0.493 e. The molecule has 6 rings (SSSR count). The predicted octanol–water partition coefficient (Wildman–Crippen LogP) is 6.59. The molecule has 0 aliphatic heterocycles. The highest BCUT2D eigenvalue weighted by atomic mass is 35.5. The largest absolute Gasteiger partial charge is 0.493 e. The average Bonchev–Trinajstić information content (AvgIpc) is 3.84. The monoisotopic (exact) mass is 845 g/mol. The first-order valence-corrected chi connectivity index (χ1v) is 18.6. The van der Waals surface area contributed by atoms with Gasteiger partial charge in [0, 0.05) is 35.9 Å². The molecule has 1 aliphatic carbocycles. The van der Waals surface area contributed by atoms with E-state index in [0.717, 1.165) is 23.0 Å². The molecule has 0 spiro atoms. The van der Waals surface area contributed by atoms with Crippen LogP contribution in [0.25, 0.3) is 10.2 Å². The first-order valence-electron chi connectivity index (χ1n) is 17.4. The molecule has 0 radical (unpaired) electrons. The minimum absolute atomic E-state index is 0.0203. The van der Waals surface area contributed by atoms with Crippen molar-refractivity contribution in [1.29, 1.82) is 0 Å². The summed E-state index contributed by atoms with van der Waals surface area (Å²) < 4.78 is 70.3. The summed E-state index contributed by atoms with van der Waals surface area (Å²) in [6.07, 6.45) is -3.31. The van der Waals surface area contributed by atoms with Crippen LogP contribution in [0.5, 0.6) is 17.5 Å². The van der Waals surface area contributed by atoms with Gasteiger partial charge in [0.15, 0.2) is 23.2 Å². The van der Waals surface area contributed by atoms with Crippen LogP contribution in [-0.2, 0) is 15.1 Å². The van der Waals surface area contributed by atoms with Gasteiger partial charge < -0.3 is 35.5 Å². The van der Waals surface area contributed by atoms with Gasteiger partial charge in [0.25, 0.3) is 5.91 Å².